The number of hydrogen-bond acceptors (Lipinski definition) is 6. The van der Waals surface area contributed by atoms with Gasteiger partial charge in [-0.2, -0.15) is 0 Å². The monoisotopic (exact) mass is 355 g/mol. The number of aliphatic hydroxyl groups is 2. The van der Waals surface area contributed by atoms with Crippen LogP contribution in [0.25, 0.3) is 0 Å². The molecule has 7 nitrogen and oxygen atoms in total. The number of pyridine rings is 1. The van der Waals surface area contributed by atoms with Gasteiger partial charge in [0.1, 0.15) is 5.60 Å². The smallest absolute Gasteiger partial charge is 0.410 e. The van der Waals surface area contributed by atoms with Crippen molar-refractivity contribution >= 4 is 11.9 Å². The zero-order chi connectivity index (χ0) is 18.6. The van der Waals surface area contributed by atoms with Crippen LogP contribution in [-0.4, -0.2) is 70.7 Å². The van der Waals surface area contributed by atoms with Crippen molar-refractivity contribution in [2.45, 2.75) is 38.9 Å². The average molecular weight is 355 g/mol. The molecule has 0 spiro atoms. The number of ether oxygens (including phenoxy) is 1. The molecule has 1 aromatic heterocycles. The van der Waals surface area contributed by atoms with E-state index in [-0.39, 0.29) is 24.9 Å². The first-order valence-corrected chi connectivity index (χ1v) is 8.36. The molecule has 1 atom stereocenters. The highest BCUT2D eigenvalue weighted by Gasteiger charge is 2.27. The fourth-order valence-electron chi connectivity index (χ4n) is 2.58. The molecule has 0 unspecified atom stereocenters. The van der Waals surface area contributed by atoms with E-state index < -0.39 is 17.5 Å². The molecule has 25 heavy (non-hydrogen) atoms. The lowest BCUT2D eigenvalue weighted by molar-refractivity contribution is 0.0240. The zero-order valence-electron chi connectivity index (χ0n) is 14.9. The third-order valence-corrected chi connectivity index (χ3v) is 3.79. The number of aliphatic hydroxyl groups excluding tert-OH is 2. The van der Waals surface area contributed by atoms with E-state index in [1.54, 1.807) is 9.80 Å². The number of piperazine rings is 1. The van der Waals surface area contributed by atoms with Crippen molar-refractivity contribution in [2.75, 3.05) is 37.7 Å². The molecule has 1 aliphatic rings. The first-order chi connectivity index (χ1) is 11.7. The van der Waals surface area contributed by atoms with Crippen LogP contribution in [0.5, 0.6) is 0 Å². The lowest BCUT2D eigenvalue weighted by Gasteiger charge is -2.36. The number of carbonyl (C=O) groups is 1. The van der Waals surface area contributed by atoms with Crippen LogP contribution in [0.2, 0.25) is 0 Å². The SMILES string of the molecule is CC(C)(C)OC(=O)N1CCN(c2ncc(C[C@H](O)CO)cc2F)CC1. The molecule has 2 heterocycles. The highest BCUT2D eigenvalue weighted by atomic mass is 19.1. The van der Waals surface area contributed by atoms with E-state index in [4.69, 9.17) is 9.84 Å². The molecular formula is C17H26FN3O4. The lowest BCUT2D eigenvalue weighted by atomic mass is 10.1. The van der Waals surface area contributed by atoms with Gasteiger partial charge in [0.2, 0.25) is 0 Å². The second-order valence-electron chi connectivity index (χ2n) is 7.14. The zero-order valence-corrected chi connectivity index (χ0v) is 14.9. The summed E-state index contributed by atoms with van der Waals surface area (Å²) in [5.74, 6) is -0.251. The van der Waals surface area contributed by atoms with E-state index in [0.29, 0.717) is 31.7 Å². The van der Waals surface area contributed by atoms with Crippen molar-refractivity contribution in [3.63, 3.8) is 0 Å². The highest BCUT2D eigenvalue weighted by Crippen LogP contribution is 2.20. The summed E-state index contributed by atoms with van der Waals surface area (Å²) < 4.78 is 19.7. The first kappa shape index (κ1) is 19.4. The Labute approximate surface area is 147 Å². The minimum absolute atomic E-state index is 0.146. The maximum absolute atomic E-state index is 14.3. The molecule has 1 aromatic rings. The first-order valence-electron chi connectivity index (χ1n) is 8.36. The van der Waals surface area contributed by atoms with Crippen molar-refractivity contribution < 1.29 is 24.1 Å². The van der Waals surface area contributed by atoms with Gasteiger partial charge in [0.15, 0.2) is 11.6 Å². The lowest BCUT2D eigenvalue weighted by Crippen LogP contribution is -2.50. The molecule has 0 aliphatic carbocycles. The van der Waals surface area contributed by atoms with Crippen molar-refractivity contribution in [3.05, 3.63) is 23.6 Å². The van der Waals surface area contributed by atoms with Crippen LogP contribution >= 0.6 is 0 Å². The van der Waals surface area contributed by atoms with E-state index in [2.05, 4.69) is 4.98 Å². The predicted octanol–water partition coefficient (Wildman–Crippen LogP) is 1.17. The highest BCUT2D eigenvalue weighted by molar-refractivity contribution is 5.68. The quantitative estimate of drug-likeness (QED) is 0.843. The second-order valence-corrected chi connectivity index (χ2v) is 7.14. The summed E-state index contributed by atoms with van der Waals surface area (Å²) in [6.07, 6.45) is 0.350. The fourth-order valence-corrected chi connectivity index (χ4v) is 2.58. The Bertz CT molecular complexity index is 598. The summed E-state index contributed by atoms with van der Waals surface area (Å²) >= 11 is 0. The van der Waals surface area contributed by atoms with Gasteiger partial charge in [-0.3, -0.25) is 0 Å². The van der Waals surface area contributed by atoms with Gasteiger partial charge in [-0.15, -0.1) is 0 Å². The van der Waals surface area contributed by atoms with Crippen LogP contribution in [0, 0.1) is 5.82 Å². The maximum Gasteiger partial charge on any atom is 0.410 e. The van der Waals surface area contributed by atoms with E-state index in [1.807, 2.05) is 20.8 Å². The van der Waals surface area contributed by atoms with E-state index in [1.165, 1.54) is 12.3 Å². The third-order valence-electron chi connectivity index (χ3n) is 3.79. The van der Waals surface area contributed by atoms with Gasteiger partial charge in [0.25, 0.3) is 0 Å². The summed E-state index contributed by atoms with van der Waals surface area (Å²) in [7, 11) is 0. The molecule has 1 amide bonds. The number of amides is 1. The van der Waals surface area contributed by atoms with Gasteiger partial charge in [-0.25, -0.2) is 14.2 Å². The molecule has 8 heteroatoms. The molecule has 2 N–H and O–H groups in total. The number of nitrogens with zero attached hydrogens (tertiary/aromatic N) is 3. The normalized spacial score (nSPS) is 16.7. The van der Waals surface area contributed by atoms with Crippen LogP contribution in [-0.2, 0) is 11.2 Å². The number of carbonyl (C=O) groups excluding carboxylic acids is 1. The van der Waals surface area contributed by atoms with Gasteiger partial charge in [0, 0.05) is 38.8 Å². The standard InChI is InChI=1S/C17H26FN3O4/c1-17(2,3)25-16(24)21-6-4-20(5-7-21)15-14(18)9-12(10-19-15)8-13(23)11-22/h9-10,13,22-23H,4-8,11H2,1-3H3/t13-/m0/s1. The number of rotatable bonds is 4. The fraction of sp³-hybridized carbons (Fsp3) is 0.647. The molecule has 140 valence electrons. The molecule has 0 saturated carbocycles. The minimum atomic E-state index is -0.926. The summed E-state index contributed by atoms with van der Waals surface area (Å²) in [6.45, 7) is 6.85. The van der Waals surface area contributed by atoms with Crippen molar-refractivity contribution in [1.29, 1.82) is 0 Å². The van der Waals surface area contributed by atoms with Gasteiger partial charge in [0.05, 0.1) is 12.7 Å². The Morgan fingerprint density at radius 2 is 2.00 bits per heavy atom. The van der Waals surface area contributed by atoms with Crippen molar-refractivity contribution in [3.8, 4) is 0 Å². The third kappa shape index (κ3) is 5.54. The Balaban J connectivity index is 1.95. The van der Waals surface area contributed by atoms with Gasteiger partial charge >= 0.3 is 6.09 Å². The summed E-state index contributed by atoms with van der Waals surface area (Å²) in [4.78, 5) is 19.6. The van der Waals surface area contributed by atoms with Gasteiger partial charge in [-0.05, 0) is 32.4 Å². The topological polar surface area (TPSA) is 86.1 Å². The number of aromatic nitrogens is 1. The Hall–Kier alpha value is -1.93. The van der Waals surface area contributed by atoms with Crippen LogP contribution < -0.4 is 4.90 Å². The number of hydrogen-bond donors (Lipinski definition) is 2. The Morgan fingerprint density at radius 3 is 2.52 bits per heavy atom. The Morgan fingerprint density at radius 1 is 1.36 bits per heavy atom. The molecule has 0 radical (unpaired) electrons. The van der Waals surface area contributed by atoms with Gasteiger partial charge < -0.3 is 24.7 Å². The summed E-state index contributed by atoms with van der Waals surface area (Å²) in [5.41, 5.74) is -0.0215. The summed E-state index contributed by atoms with van der Waals surface area (Å²) in [5, 5.41) is 18.3. The van der Waals surface area contributed by atoms with Crippen molar-refractivity contribution in [2.24, 2.45) is 0 Å². The number of anilines is 1. The van der Waals surface area contributed by atoms with Crippen LogP contribution in [0.4, 0.5) is 15.0 Å². The van der Waals surface area contributed by atoms with Gasteiger partial charge in [-0.1, -0.05) is 0 Å². The molecule has 0 aromatic carbocycles. The summed E-state index contributed by atoms with van der Waals surface area (Å²) in [6, 6.07) is 1.32. The molecular weight excluding hydrogens is 329 g/mol. The molecule has 1 aliphatic heterocycles. The largest absolute Gasteiger partial charge is 0.444 e. The molecule has 1 saturated heterocycles. The molecule has 0 bridgehead atoms. The second kappa shape index (κ2) is 7.97. The number of halogens is 1. The van der Waals surface area contributed by atoms with Crippen LogP contribution in [0.15, 0.2) is 12.3 Å². The van der Waals surface area contributed by atoms with Crippen LogP contribution in [0.1, 0.15) is 26.3 Å². The van der Waals surface area contributed by atoms with Crippen molar-refractivity contribution in [1.82, 2.24) is 9.88 Å². The Kier molecular flexibility index (Phi) is 6.18. The maximum atomic E-state index is 14.3. The molecule has 2 rings (SSSR count). The molecule has 1 fully saturated rings. The predicted molar refractivity (Wildman–Crippen MR) is 91.0 cm³/mol. The van der Waals surface area contributed by atoms with E-state index in [0.717, 1.165) is 0 Å². The average Bonchev–Trinajstić information content (AvgIpc) is 2.53. The van der Waals surface area contributed by atoms with E-state index in [9.17, 15) is 14.3 Å². The van der Waals surface area contributed by atoms with E-state index >= 15 is 0 Å². The minimum Gasteiger partial charge on any atom is -0.444 e. The van der Waals surface area contributed by atoms with Crippen LogP contribution in [0.3, 0.4) is 0 Å².